The lowest BCUT2D eigenvalue weighted by atomic mass is 10.2. The van der Waals surface area contributed by atoms with Crippen molar-refractivity contribution in [2.24, 2.45) is 0 Å². The molecule has 7 heteroatoms. The zero-order valence-electron chi connectivity index (χ0n) is 14.4. The Bertz CT molecular complexity index is 606. The van der Waals surface area contributed by atoms with Crippen LogP contribution < -0.4 is 4.74 Å². The van der Waals surface area contributed by atoms with E-state index >= 15 is 0 Å². The molecular formula is C18H24N2O5. The van der Waals surface area contributed by atoms with Gasteiger partial charge in [-0.3, -0.25) is 14.4 Å². The average molecular weight is 348 g/mol. The van der Waals surface area contributed by atoms with Gasteiger partial charge in [0, 0.05) is 32.6 Å². The Hall–Kier alpha value is -2.57. The van der Waals surface area contributed by atoms with Gasteiger partial charge in [0.15, 0.2) is 0 Å². The van der Waals surface area contributed by atoms with Gasteiger partial charge in [-0.15, -0.1) is 0 Å². The molecule has 25 heavy (non-hydrogen) atoms. The summed E-state index contributed by atoms with van der Waals surface area (Å²) in [5.41, 5.74) is 1.15. The van der Waals surface area contributed by atoms with Crippen LogP contribution in [-0.4, -0.2) is 65.5 Å². The number of hydrogen-bond donors (Lipinski definition) is 1. The number of hydrogen-bond acceptors (Lipinski definition) is 4. The summed E-state index contributed by atoms with van der Waals surface area (Å²) in [5, 5.41) is 8.62. The Kier molecular flexibility index (Phi) is 6.80. The van der Waals surface area contributed by atoms with Crippen molar-refractivity contribution in [1.82, 2.24) is 9.80 Å². The Balaban J connectivity index is 1.67. The van der Waals surface area contributed by atoms with Gasteiger partial charge in [0.2, 0.25) is 11.8 Å². The van der Waals surface area contributed by atoms with E-state index in [4.69, 9.17) is 9.84 Å². The largest absolute Gasteiger partial charge is 0.493 e. The minimum Gasteiger partial charge on any atom is -0.493 e. The minimum absolute atomic E-state index is 0.00440. The highest BCUT2D eigenvalue weighted by Crippen LogP contribution is 2.12. The van der Waals surface area contributed by atoms with Gasteiger partial charge in [-0.2, -0.15) is 0 Å². The van der Waals surface area contributed by atoms with E-state index in [0.29, 0.717) is 39.2 Å². The van der Waals surface area contributed by atoms with Crippen molar-refractivity contribution in [2.75, 3.05) is 32.8 Å². The lowest BCUT2D eigenvalue weighted by Crippen LogP contribution is -2.50. The zero-order valence-corrected chi connectivity index (χ0v) is 14.4. The number of benzene rings is 1. The van der Waals surface area contributed by atoms with Crippen molar-refractivity contribution in [3.8, 4) is 5.75 Å². The highest BCUT2D eigenvalue weighted by molar-refractivity contribution is 5.81. The number of carboxylic acids is 1. The summed E-state index contributed by atoms with van der Waals surface area (Å²) in [6.45, 7) is 4.16. The summed E-state index contributed by atoms with van der Waals surface area (Å²) in [6, 6.07) is 7.66. The summed E-state index contributed by atoms with van der Waals surface area (Å²) in [6.07, 6.45) is 0.142. The highest BCUT2D eigenvalue weighted by atomic mass is 16.5. The molecule has 0 aromatic heterocycles. The Morgan fingerprint density at radius 3 is 1.96 bits per heavy atom. The predicted octanol–water partition coefficient (Wildman–Crippen LogP) is 1.30. The molecule has 1 N–H and O–H groups in total. The molecule has 0 aliphatic carbocycles. The van der Waals surface area contributed by atoms with Crippen LogP contribution in [0.2, 0.25) is 0 Å². The van der Waals surface area contributed by atoms with Gasteiger partial charge in [0.05, 0.1) is 19.4 Å². The summed E-state index contributed by atoms with van der Waals surface area (Å²) in [4.78, 5) is 37.9. The standard InChI is InChI=1S/C18H24N2O5/c1-14-2-4-15(5-3-14)25-13-8-17(22)20-11-9-19(10-12-20)16(21)6-7-18(23)24/h2-5H,6-13H2,1H3,(H,23,24). The molecule has 2 amide bonds. The van der Waals surface area contributed by atoms with Crippen LogP contribution in [0.15, 0.2) is 24.3 Å². The van der Waals surface area contributed by atoms with Crippen LogP contribution >= 0.6 is 0 Å². The molecule has 0 saturated carbocycles. The SMILES string of the molecule is Cc1ccc(OCCC(=O)N2CCN(C(=O)CCC(=O)O)CC2)cc1. The van der Waals surface area contributed by atoms with Gasteiger partial charge in [-0.25, -0.2) is 0 Å². The van der Waals surface area contributed by atoms with Gasteiger partial charge in [-0.1, -0.05) is 17.7 Å². The first-order chi connectivity index (χ1) is 12.0. The summed E-state index contributed by atoms with van der Waals surface area (Å²) in [5.74, 6) is -0.398. The monoisotopic (exact) mass is 348 g/mol. The lowest BCUT2D eigenvalue weighted by molar-refractivity contribution is -0.143. The summed E-state index contributed by atoms with van der Waals surface area (Å²) in [7, 11) is 0. The molecule has 1 aromatic rings. The molecule has 136 valence electrons. The molecule has 1 aromatic carbocycles. The molecule has 0 spiro atoms. The van der Waals surface area contributed by atoms with E-state index in [2.05, 4.69) is 0 Å². The molecule has 7 nitrogen and oxygen atoms in total. The van der Waals surface area contributed by atoms with Gasteiger partial charge in [-0.05, 0) is 19.1 Å². The maximum atomic E-state index is 12.2. The van der Waals surface area contributed by atoms with Crippen LogP contribution in [0, 0.1) is 6.92 Å². The van der Waals surface area contributed by atoms with Gasteiger partial charge >= 0.3 is 5.97 Å². The molecule has 0 radical (unpaired) electrons. The minimum atomic E-state index is -0.976. The van der Waals surface area contributed by atoms with Crippen LogP contribution in [0.25, 0.3) is 0 Å². The van der Waals surface area contributed by atoms with E-state index in [9.17, 15) is 14.4 Å². The Labute approximate surface area is 147 Å². The maximum Gasteiger partial charge on any atom is 0.303 e. The second-order valence-corrected chi connectivity index (χ2v) is 6.07. The molecule has 0 bridgehead atoms. The molecule has 0 atom stereocenters. The van der Waals surface area contributed by atoms with Crippen molar-refractivity contribution in [2.45, 2.75) is 26.2 Å². The van der Waals surface area contributed by atoms with Crippen LogP contribution in [0.1, 0.15) is 24.8 Å². The predicted molar refractivity (Wildman–Crippen MR) is 91.3 cm³/mol. The highest BCUT2D eigenvalue weighted by Gasteiger charge is 2.24. The third-order valence-electron chi connectivity index (χ3n) is 4.14. The molecule has 1 saturated heterocycles. The number of carbonyl (C=O) groups is 3. The number of piperazine rings is 1. The van der Waals surface area contributed by atoms with Crippen molar-refractivity contribution in [3.05, 3.63) is 29.8 Å². The average Bonchev–Trinajstić information content (AvgIpc) is 2.61. The fraction of sp³-hybridized carbons (Fsp3) is 0.500. The van der Waals surface area contributed by atoms with E-state index in [1.54, 1.807) is 9.80 Å². The van der Waals surface area contributed by atoms with Crippen molar-refractivity contribution in [3.63, 3.8) is 0 Å². The smallest absolute Gasteiger partial charge is 0.303 e. The van der Waals surface area contributed by atoms with E-state index in [1.807, 2.05) is 31.2 Å². The third kappa shape index (κ3) is 6.10. The van der Waals surface area contributed by atoms with E-state index in [1.165, 1.54) is 0 Å². The number of carboxylic acid groups (broad SMARTS) is 1. The van der Waals surface area contributed by atoms with E-state index < -0.39 is 5.97 Å². The number of aryl methyl sites for hydroxylation is 1. The van der Waals surface area contributed by atoms with Crippen molar-refractivity contribution in [1.29, 1.82) is 0 Å². The molecule has 2 rings (SSSR count). The van der Waals surface area contributed by atoms with Gasteiger partial charge in [0.1, 0.15) is 5.75 Å². The molecule has 1 aliphatic heterocycles. The Morgan fingerprint density at radius 1 is 0.920 bits per heavy atom. The summed E-state index contributed by atoms with van der Waals surface area (Å²) < 4.78 is 5.57. The Morgan fingerprint density at radius 2 is 1.44 bits per heavy atom. The second-order valence-electron chi connectivity index (χ2n) is 6.07. The van der Waals surface area contributed by atoms with E-state index in [0.717, 1.165) is 11.3 Å². The normalized spacial score (nSPS) is 14.3. The molecule has 1 aliphatic rings. The molecule has 1 heterocycles. The first-order valence-electron chi connectivity index (χ1n) is 8.42. The third-order valence-corrected chi connectivity index (χ3v) is 4.14. The maximum absolute atomic E-state index is 12.2. The first-order valence-corrected chi connectivity index (χ1v) is 8.42. The second kappa shape index (κ2) is 9.05. The number of amides is 2. The topological polar surface area (TPSA) is 87.2 Å². The molecule has 1 fully saturated rings. The van der Waals surface area contributed by atoms with Crippen molar-refractivity contribution < 1.29 is 24.2 Å². The number of rotatable bonds is 7. The van der Waals surface area contributed by atoms with Crippen LogP contribution in [0.3, 0.4) is 0 Å². The van der Waals surface area contributed by atoms with E-state index in [-0.39, 0.29) is 24.7 Å². The summed E-state index contributed by atoms with van der Waals surface area (Å²) >= 11 is 0. The zero-order chi connectivity index (χ0) is 18.2. The number of ether oxygens (including phenoxy) is 1. The number of nitrogens with zero attached hydrogens (tertiary/aromatic N) is 2. The lowest BCUT2D eigenvalue weighted by Gasteiger charge is -2.34. The number of carbonyl (C=O) groups excluding carboxylic acids is 2. The molecular weight excluding hydrogens is 324 g/mol. The number of aliphatic carboxylic acids is 1. The van der Waals surface area contributed by atoms with Crippen LogP contribution in [0.4, 0.5) is 0 Å². The van der Waals surface area contributed by atoms with Crippen LogP contribution in [-0.2, 0) is 14.4 Å². The van der Waals surface area contributed by atoms with Crippen LogP contribution in [0.5, 0.6) is 5.75 Å². The van der Waals surface area contributed by atoms with Crippen molar-refractivity contribution >= 4 is 17.8 Å². The first kappa shape index (κ1) is 18.8. The van der Waals surface area contributed by atoms with Gasteiger partial charge in [0.25, 0.3) is 0 Å². The fourth-order valence-electron chi connectivity index (χ4n) is 2.63. The quantitative estimate of drug-likeness (QED) is 0.802. The molecule has 0 unspecified atom stereocenters. The fourth-order valence-corrected chi connectivity index (χ4v) is 2.63. The van der Waals surface area contributed by atoms with Gasteiger partial charge < -0.3 is 19.6 Å².